The highest BCUT2D eigenvalue weighted by atomic mass is 32.2. The minimum absolute atomic E-state index is 0.230. The first kappa shape index (κ1) is 13.7. The molecule has 1 aliphatic rings. The van der Waals surface area contributed by atoms with E-state index in [1.165, 1.54) is 0 Å². The van der Waals surface area contributed by atoms with Crippen LogP contribution in [0.3, 0.4) is 0 Å². The van der Waals surface area contributed by atoms with Gasteiger partial charge in [-0.25, -0.2) is 0 Å². The van der Waals surface area contributed by atoms with E-state index in [2.05, 4.69) is 19.0 Å². The maximum absolute atomic E-state index is 12.2. The van der Waals surface area contributed by atoms with Crippen LogP contribution in [0.15, 0.2) is 4.52 Å². The van der Waals surface area contributed by atoms with Gasteiger partial charge in [-0.15, -0.1) is 0 Å². The lowest BCUT2D eigenvalue weighted by molar-refractivity contribution is 0.0940. The standard InChI is InChI=1S/C14H21NO2S/c1-4-11-14-12(16)7-10(6-9(3)18-5-2)8-13(14)17-15-11/h9-10H,4-8H2,1-3H3/t9-,10-/m1/s1. The molecule has 1 aromatic rings. The molecular formula is C14H21NO2S. The van der Waals surface area contributed by atoms with Gasteiger partial charge in [0.25, 0.3) is 0 Å². The van der Waals surface area contributed by atoms with E-state index in [1.807, 2.05) is 18.7 Å². The van der Waals surface area contributed by atoms with E-state index >= 15 is 0 Å². The second kappa shape index (κ2) is 5.91. The Morgan fingerprint density at radius 3 is 2.89 bits per heavy atom. The summed E-state index contributed by atoms with van der Waals surface area (Å²) in [6.07, 6.45) is 3.40. The first-order valence-corrected chi connectivity index (χ1v) is 7.82. The molecule has 0 saturated heterocycles. The Morgan fingerprint density at radius 1 is 1.44 bits per heavy atom. The van der Waals surface area contributed by atoms with Crippen LogP contribution in [0.4, 0.5) is 0 Å². The van der Waals surface area contributed by atoms with E-state index in [0.29, 0.717) is 17.6 Å². The first-order chi connectivity index (χ1) is 8.65. The molecule has 1 aromatic heterocycles. The number of aryl methyl sites for hydroxylation is 1. The van der Waals surface area contributed by atoms with E-state index in [9.17, 15) is 4.79 Å². The van der Waals surface area contributed by atoms with Crippen LogP contribution in [0.5, 0.6) is 0 Å². The Hall–Kier alpha value is -0.770. The molecule has 18 heavy (non-hydrogen) atoms. The van der Waals surface area contributed by atoms with Crippen LogP contribution < -0.4 is 0 Å². The van der Waals surface area contributed by atoms with Crippen molar-refractivity contribution in [3.63, 3.8) is 0 Å². The summed E-state index contributed by atoms with van der Waals surface area (Å²) in [6.45, 7) is 6.43. The summed E-state index contributed by atoms with van der Waals surface area (Å²) in [5.41, 5.74) is 1.62. The number of rotatable bonds is 5. The van der Waals surface area contributed by atoms with Crippen LogP contribution in [0, 0.1) is 5.92 Å². The third kappa shape index (κ3) is 2.79. The van der Waals surface area contributed by atoms with Gasteiger partial charge in [0.2, 0.25) is 0 Å². The average Bonchev–Trinajstić information content (AvgIpc) is 2.72. The van der Waals surface area contributed by atoms with Crippen molar-refractivity contribution in [1.29, 1.82) is 0 Å². The fourth-order valence-electron chi connectivity index (χ4n) is 2.75. The number of fused-ring (bicyclic) bond motifs is 1. The topological polar surface area (TPSA) is 43.1 Å². The summed E-state index contributed by atoms with van der Waals surface area (Å²) in [6, 6.07) is 0. The quantitative estimate of drug-likeness (QED) is 0.818. The van der Waals surface area contributed by atoms with Gasteiger partial charge in [-0.1, -0.05) is 25.9 Å². The van der Waals surface area contributed by atoms with Gasteiger partial charge in [-0.05, 0) is 24.5 Å². The van der Waals surface area contributed by atoms with Crippen molar-refractivity contribution in [2.24, 2.45) is 5.92 Å². The van der Waals surface area contributed by atoms with E-state index in [0.717, 1.165) is 42.0 Å². The van der Waals surface area contributed by atoms with Gasteiger partial charge in [-0.3, -0.25) is 4.79 Å². The molecule has 0 aromatic carbocycles. The Morgan fingerprint density at radius 2 is 2.22 bits per heavy atom. The van der Waals surface area contributed by atoms with Crippen LogP contribution in [-0.2, 0) is 12.8 Å². The van der Waals surface area contributed by atoms with E-state index in [-0.39, 0.29) is 5.78 Å². The normalized spacial score (nSPS) is 20.8. The number of hydrogen-bond donors (Lipinski definition) is 0. The first-order valence-electron chi connectivity index (χ1n) is 6.77. The molecule has 0 amide bonds. The molecule has 0 fully saturated rings. The molecule has 0 aliphatic heterocycles. The van der Waals surface area contributed by atoms with Gasteiger partial charge in [0, 0.05) is 18.1 Å². The van der Waals surface area contributed by atoms with Crippen LogP contribution in [-0.4, -0.2) is 21.9 Å². The summed E-state index contributed by atoms with van der Waals surface area (Å²) in [7, 11) is 0. The maximum atomic E-state index is 12.2. The summed E-state index contributed by atoms with van der Waals surface area (Å²) in [5.74, 6) is 2.61. The lowest BCUT2D eigenvalue weighted by Crippen LogP contribution is -2.22. The van der Waals surface area contributed by atoms with Gasteiger partial charge < -0.3 is 4.52 Å². The Labute approximate surface area is 113 Å². The third-order valence-corrected chi connectivity index (χ3v) is 4.61. The van der Waals surface area contributed by atoms with Crippen molar-refractivity contribution in [2.75, 3.05) is 5.75 Å². The highest BCUT2D eigenvalue weighted by Crippen LogP contribution is 2.32. The predicted octanol–water partition coefficient (Wildman–Crippen LogP) is 3.51. The second-order valence-electron chi connectivity index (χ2n) is 4.98. The van der Waals surface area contributed by atoms with E-state index in [4.69, 9.17) is 4.52 Å². The molecule has 1 heterocycles. The van der Waals surface area contributed by atoms with Gasteiger partial charge in [-0.2, -0.15) is 11.8 Å². The number of carbonyl (C=O) groups is 1. The SMILES string of the molecule is CCS[C@H](C)C[C@@H]1CC(=O)c2c(CC)noc2C1. The van der Waals surface area contributed by atoms with Crippen molar-refractivity contribution >= 4 is 17.5 Å². The largest absolute Gasteiger partial charge is 0.360 e. The molecule has 0 unspecified atom stereocenters. The summed E-state index contributed by atoms with van der Waals surface area (Å²) >= 11 is 1.96. The molecule has 0 bridgehead atoms. The number of aromatic nitrogens is 1. The molecule has 100 valence electrons. The minimum Gasteiger partial charge on any atom is -0.360 e. The minimum atomic E-state index is 0.230. The number of ketones is 1. The van der Waals surface area contributed by atoms with Crippen molar-refractivity contribution in [3.05, 3.63) is 17.0 Å². The molecular weight excluding hydrogens is 246 g/mol. The lowest BCUT2D eigenvalue weighted by Gasteiger charge is -2.22. The van der Waals surface area contributed by atoms with Gasteiger partial charge in [0.15, 0.2) is 5.78 Å². The molecule has 0 spiro atoms. The Kier molecular flexibility index (Phi) is 4.49. The maximum Gasteiger partial charge on any atom is 0.168 e. The zero-order chi connectivity index (χ0) is 13.1. The third-order valence-electron chi connectivity index (χ3n) is 3.51. The smallest absolute Gasteiger partial charge is 0.168 e. The van der Waals surface area contributed by atoms with Crippen LogP contribution >= 0.6 is 11.8 Å². The summed E-state index contributed by atoms with van der Waals surface area (Å²) in [5, 5.41) is 4.63. The molecule has 0 saturated carbocycles. The summed E-state index contributed by atoms with van der Waals surface area (Å²) < 4.78 is 5.34. The van der Waals surface area contributed by atoms with Crippen molar-refractivity contribution in [2.45, 2.75) is 51.7 Å². The van der Waals surface area contributed by atoms with Gasteiger partial charge in [0.05, 0.1) is 11.3 Å². The average molecular weight is 267 g/mol. The summed E-state index contributed by atoms with van der Waals surface area (Å²) in [4.78, 5) is 12.2. The van der Waals surface area contributed by atoms with E-state index in [1.54, 1.807) is 0 Å². The van der Waals surface area contributed by atoms with Crippen molar-refractivity contribution < 1.29 is 9.32 Å². The molecule has 2 rings (SSSR count). The zero-order valence-electron chi connectivity index (χ0n) is 11.4. The fraction of sp³-hybridized carbons (Fsp3) is 0.714. The number of nitrogens with zero attached hydrogens (tertiary/aromatic N) is 1. The predicted molar refractivity (Wildman–Crippen MR) is 74.2 cm³/mol. The lowest BCUT2D eigenvalue weighted by atomic mass is 9.83. The number of thioether (sulfide) groups is 1. The highest BCUT2D eigenvalue weighted by molar-refractivity contribution is 7.99. The van der Waals surface area contributed by atoms with Gasteiger partial charge in [0.1, 0.15) is 5.76 Å². The van der Waals surface area contributed by atoms with Crippen LogP contribution in [0.1, 0.15) is 55.4 Å². The number of carbonyl (C=O) groups excluding carboxylic acids is 1. The van der Waals surface area contributed by atoms with Crippen molar-refractivity contribution in [3.8, 4) is 0 Å². The van der Waals surface area contributed by atoms with E-state index < -0.39 is 0 Å². The monoisotopic (exact) mass is 267 g/mol. The number of hydrogen-bond acceptors (Lipinski definition) is 4. The van der Waals surface area contributed by atoms with Crippen LogP contribution in [0.2, 0.25) is 0 Å². The Balaban J connectivity index is 2.07. The fourth-order valence-corrected chi connectivity index (χ4v) is 3.72. The molecule has 3 nitrogen and oxygen atoms in total. The Bertz CT molecular complexity index is 427. The second-order valence-corrected chi connectivity index (χ2v) is 6.70. The van der Waals surface area contributed by atoms with Crippen molar-refractivity contribution in [1.82, 2.24) is 5.16 Å². The van der Waals surface area contributed by atoms with Gasteiger partial charge >= 0.3 is 0 Å². The zero-order valence-corrected chi connectivity index (χ0v) is 12.2. The highest BCUT2D eigenvalue weighted by Gasteiger charge is 2.31. The molecule has 1 aliphatic carbocycles. The molecule has 0 N–H and O–H groups in total. The van der Waals surface area contributed by atoms with Crippen LogP contribution in [0.25, 0.3) is 0 Å². The molecule has 4 heteroatoms. The number of Topliss-reactive ketones (excluding diaryl/α,β-unsaturated/α-hetero) is 1. The molecule has 2 atom stereocenters. The molecule has 0 radical (unpaired) electrons.